The van der Waals surface area contributed by atoms with Crippen LogP contribution in [0.25, 0.3) is 0 Å². The lowest BCUT2D eigenvalue weighted by molar-refractivity contribution is 0.507. The van der Waals surface area contributed by atoms with E-state index in [2.05, 4.69) is 0 Å². The summed E-state index contributed by atoms with van der Waals surface area (Å²) in [6, 6.07) is 29.4. The molecule has 3 rings (SSSR count). The van der Waals surface area contributed by atoms with Crippen LogP contribution in [-0.2, 0) is 19.5 Å². The fourth-order valence-electron chi connectivity index (χ4n) is 2.96. The highest BCUT2D eigenvalue weighted by Gasteiger charge is 2.35. The van der Waals surface area contributed by atoms with E-state index in [9.17, 15) is 8.42 Å². The first kappa shape index (κ1) is 19.7. The first-order chi connectivity index (χ1) is 13.1. The van der Waals surface area contributed by atoms with Gasteiger partial charge in [-0.2, -0.15) is 8.42 Å². The Balaban J connectivity index is 2.21. The molecule has 0 radical (unpaired) electrons. The van der Waals surface area contributed by atoms with E-state index in [4.69, 9.17) is 3.63 Å². The van der Waals surface area contributed by atoms with E-state index in [0.717, 1.165) is 15.4 Å². The molecule has 3 aromatic carbocycles. The maximum atomic E-state index is 12.8. The van der Waals surface area contributed by atoms with Crippen LogP contribution in [0.2, 0.25) is 0 Å². The van der Waals surface area contributed by atoms with Crippen LogP contribution in [-0.4, -0.2) is 14.2 Å². The van der Waals surface area contributed by atoms with E-state index in [0.29, 0.717) is 12.2 Å². The zero-order valence-electron chi connectivity index (χ0n) is 15.3. The molecule has 0 saturated heterocycles. The summed E-state index contributed by atoms with van der Waals surface area (Å²) in [6.45, 7) is 1.85. The molecular formula is C22H24O3S2. The van der Waals surface area contributed by atoms with E-state index in [-0.39, 0.29) is 5.75 Å². The first-order valence-corrected chi connectivity index (χ1v) is 12.2. The molecular weight excluding hydrogens is 376 g/mol. The van der Waals surface area contributed by atoms with Gasteiger partial charge in [-0.25, -0.2) is 3.63 Å². The summed E-state index contributed by atoms with van der Waals surface area (Å²) in [6.07, 6.45) is 0.521. The second-order valence-corrected chi connectivity index (χ2v) is 10.9. The third-order valence-corrected chi connectivity index (χ3v) is 9.61. The predicted molar refractivity (Wildman–Crippen MR) is 112 cm³/mol. The summed E-state index contributed by atoms with van der Waals surface area (Å²) in [7, 11) is -5.94. The van der Waals surface area contributed by atoms with Gasteiger partial charge in [0.2, 0.25) is 0 Å². The minimum Gasteiger partial charge on any atom is -0.211 e. The van der Waals surface area contributed by atoms with Crippen LogP contribution in [0.4, 0.5) is 0 Å². The van der Waals surface area contributed by atoms with Crippen molar-refractivity contribution in [1.82, 2.24) is 0 Å². The van der Waals surface area contributed by atoms with E-state index < -0.39 is 20.4 Å². The van der Waals surface area contributed by atoms with Crippen molar-refractivity contribution in [3.05, 3.63) is 96.6 Å². The Morgan fingerprint density at radius 1 is 0.704 bits per heavy atom. The minimum absolute atomic E-state index is 0.0101. The lowest BCUT2D eigenvalue weighted by Crippen LogP contribution is -2.17. The molecule has 0 aliphatic heterocycles. The topological polar surface area (TPSA) is 43.4 Å². The van der Waals surface area contributed by atoms with Crippen LogP contribution in [0.15, 0.2) is 101 Å². The quantitative estimate of drug-likeness (QED) is 0.481. The summed E-state index contributed by atoms with van der Waals surface area (Å²) in [4.78, 5) is 1.81. The van der Waals surface area contributed by atoms with Gasteiger partial charge in [0.25, 0.3) is 10.1 Å². The Kier molecular flexibility index (Phi) is 6.37. The monoisotopic (exact) mass is 400 g/mol. The summed E-state index contributed by atoms with van der Waals surface area (Å²) >= 11 is 0. The van der Waals surface area contributed by atoms with E-state index in [1.165, 1.54) is 0 Å². The lowest BCUT2D eigenvalue weighted by Gasteiger charge is -2.39. The number of rotatable bonds is 8. The highest BCUT2D eigenvalue weighted by molar-refractivity contribution is 8.32. The fourth-order valence-corrected chi connectivity index (χ4v) is 8.43. The molecule has 3 aromatic rings. The molecule has 0 N–H and O–H groups in total. The third-order valence-electron chi connectivity index (χ3n) is 4.13. The molecule has 0 aliphatic rings. The van der Waals surface area contributed by atoms with Crippen LogP contribution in [0, 0.1) is 0 Å². The molecule has 0 aromatic heterocycles. The molecule has 0 aliphatic carbocycles. The molecule has 3 nitrogen and oxygen atoms in total. The molecule has 0 saturated carbocycles. The Labute approximate surface area is 163 Å². The van der Waals surface area contributed by atoms with Crippen molar-refractivity contribution in [1.29, 1.82) is 0 Å². The molecule has 0 spiro atoms. The van der Waals surface area contributed by atoms with Crippen molar-refractivity contribution in [2.45, 2.75) is 28.9 Å². The zero-order valence-corrected chi connectivity index (χ0v) is 17.0. The van der Waals surface area contributed by atoms with Crippen LogP contribution in [0.5, 0.6) is 0 Å². The first-order valence-electron chi connectivity index (χ1n) is 8.94. The Hall–Kier alpha value is -2.08. The molecule has 27 heavy (non-hydrogen) atoms. The Morgan fingerprint density at radius 3 is 1.59 bits per heavy atom. The van der Waals surface area contributed by atoms with Crippen molar-refractivity contribution in [3.8, 4) is 0 Å². The SMILES string of the molecule is CCCS(=O)(=O)OS(Cc1ccccc1)(c1ccccc1)c1ccccc1. The number of benzene rings is 3. The highest BCUT2D eigenvalue weighted by atomic mass is 32.3. The maximum absolute atomic E-state index is 12.8. The van der Waals surface area contributed by atoms with E-state index >= 15 is 0 Å². The molecule has 0 heterocycles. The molecule has 0 fully saturated rings. The molecule has 5 heteroatoms. The van der Waals surface area contributed by atoms with Gasteiger partial charge in [-0.1, -0.05) is 84.0 Å². The van der Waals surface area contributed by atoms with Gasteiger partial charge in [-0.3, -0.25) is 0 Å². The summed E-state index contributed by atoms with van der Waals surface area (Å²) in [5.41, 5.74) is 1.05. The van der Waals surface area contributed by atoms with E-state index in [1.807, 2.05) is 97.9 Å². The van der Waals surface area contributed by atoms with Crippen molar-refractivity contribution in [2.24, 2.45) is 0 Å². The van der Waals surface area contributed by atoms with Gasteiger partial charge >= 0.3 is 0 Å². The van der Waals surface area contributed by atoms with Gasteiger partial charge in [0, 0.05) is 15.5 Å². The second kappa shape index (κ2) is 8.74. The normalized spacial score (nSPS) is 12.6. The van der Waals surface area contributed by atoms with Crippen LogP contribution >= 0.6 is 10.3 Å². The smallest absolute Gasteiger partial charge is 0.211 e. The standard InChI is InChI=1S/C22H24O3S2/c1-2-18-27(23,24)25-26(21-14-8-4-9-15-21,22-16-10-5-11-17-22)19-20-12-6-3-7-13-20/h3-17H,2,18-19H2,1H3. The fraction of sp³-hybridized carbons (Fsp3) is 0.182. The van der Waals surface area contributed by atoms with Crippen LogP contribution in [0.1, 0.15) is 18.9 Å². The number of hydrogen-bond acceptors (Lipinski definition) is 3. The second-order valence-electron chi connectivity index (χ2n) is 6.26. The van der Waals surface area contributed by atoms with Gasteiger partial charge in [-0.15, -0.1) is 0 Å². The minimum atomic E-state index is -3.67. The average Bonchev–Trinajstić information content (AvgIpc) is 2.69. The Morgan fingerprint density at radius 2 is 1.15 bits per heavy atom. The summed E-state index contributed by atoms with van der Waals surface area (Å²) in [5, 5.41) is 0. The molecule has 0 bridgehead atoms. The highest BCUT2D eigenvalue weighted by Crippen LogP contribution is 2.66. The van der Waals surface area contributed by atoms with Crippen LogP contribution < -0.4 is 0 Å². The third kappa shape index (κ3) is 4.80. The molecule has 0 atom stereocenters. The van der Waals surface area contributed by atoms with Gasteiger partial charge < -0.3 is 0 Å². The zero-order chi connectivity index (χ0) is 19.2. The Bertz CT molecular complexity index is 901. The summed E-state index contributed by atoms with van der Waals surface area (Å²) in [5.74, 6) is 0.515. The largest absolute Gasteiger partial charge is 0.277 e. The van der Waals surface area contributed by atoms with Gasteiger partial charge in [0.05, 0.1) is 5.75 Å². The molecule has 142 valence electrons. The van der Waals surface area contributed by atoms with Crippen molar-refractivity contribution in [3.63, 3.8) is 0 Å². The molecule has 0 amide bonds. The van der Waals surface area contributed by atoms with E-state index in [1.54, 1.807) is 0 Å². The average molecular weight is 401 g/mol. The van der Waals surface area contributed by atoms with Crippen molar-refractivity contribution < 1.29 is 12.0 Å². The molecule has 0 unspecified atom stereocenters. The number of hydrogen-bond donors (Lipinski definition) is 0. The van der Waals surface area contributed by atoms with Crippen molar-refractivity contribution >= 4 is 20.4 Å². The lowest BCUT2D eigenvalue weighted by atomic mass is 10.2. The van der Waals surface area contributed by atoms with Gasteiger partial charge in [0.15, 0.2) is 0 Å². The van der Waals surface area contributed by atoms with Crippen LogP contribution in [0.3, 0.4) is 0 Å². The van der Waals surface area contributed by atoms with Crippen molar-refractivity contribution in [2.75, 3.05) is 5.75 Å². The van der Waals surface area contributed by atoms with Gasteiger partial charge in [-0.05, 0) is 36.2 Å². The predicted octanol–water partition coefficient (Wildman–Crippen LogP) is 5.78. The maximum Gasteiger partial charge on any atom is 0.277 e. The summed E-state index contributed by atoms with van der Waals surface area (Å²) < 4.78 is 31.7. The van der Waals surface area contributed by atoms with Gasteiger partial charge in [0.1, 0.15) is 0 Å².